The van der Waals surface area contributed by atoms with Gasteiger partial charge in [-0.15, -0.1) is 24.8 Å². The summed E-state index contributed by atoms with van der Waals surface area (Å²) in [6.07, 6.45) is 8.22. The Morgan fingerprint density at radius 1 is 0.723 bits per heavy atom. The molecule has 0 saturated carbocycles. The molecule has 19 heteroatoms. The van der Waals surface area contributed by atoms with E-state index >= 15 is 0 Å². The van der Waals surface area contributed by atoms with Crippen molar-refractivity contribution in [1.29, 1.82) is 0 Å². The molecular weight excluding hydrogens is 918 g/mol. The van der Waals surface area contributed by atoms with Crippen molar-refractivity contribution in [3.63, 3.8) is 0 Å². The molecule has 3 aliphatic rings. The minimum absolute atomic E-state index is 0. The minimum Gasteiger partial charge on any atom is -1.00 e. The van der Waals surface area contributed by atoms with Gasteiger partial charge in [-0.1, -0.05) is 35.9 Å². The third kappa shape index (κ3) is 19.0. The number of hydrogen-bond acceptors (Lipinski definition) is 13. The van der Waals surface area contributed by atoms with Gasteiger partial charge in [-0.2, -0.15) is 0 Å². The van der Waals surface area contributed by atoms with Crippen molar-refractivity contribution in [2.75, 3.05) is 117 Å². The average Bonchev–Trinajstić information content (AvgIpc) is 3.28. The zero-order chi connectivity index (χ0) is 43.6. The quantitative estimate of drug-likeness (QED) is 0.111. The number of amides is 1. The van der Waals surface area contributed by atoms with E-state index in [1.807, 2.05) is 24.3 Å². The maximum Gasteiger partial charge on any atom is 0.274 e. The van der Waals surface area contributed by atoms with Crippen molar-refractivity contribution < 1.29 is 50.2 Å². The number of carbonyl (C=O) groups is 3. The molecule has 15 nitrogen and oxygen atoms in total. The van der Waals surface area contributed by atoms with E-state index in [4.69, 9.17) is 42.0 Å². The largest absolute Gasteiger partial charge is 1.00 e. The molecule has 1 amide bonds. The van der Waals surface area contributed by atoms with Gasteiger partial charge in [-0.3, -0.25) is 24.2 Å². The molecule has 3 fully saturated rings. The van der Waals surface area contributed by atoms with Gasteiger partial charge in [0.25, 0.3) is 5.91 Å². The maximum atomic E-state index is 13.4. The number of nitrogens with two attached hydrogens (primary N) is 2. The summed E-state index contributed by atoms with van der Waals surface area (Å²) in [6, 6.07) is 16.1. The molecule has 3 aliphatic heterocycles. The van der Waals surface area contributed by atoms with E-state index in [1.165, 1.54) is 11.1 Å². The van der Waals surface area contributed by atoms with Crippen LogP contribution in [0.1, 0.15) is 73.0 Å². The first-order chi connectivity index (χ1) is 30.1. The number of aryl methyl sites for hydroxylation is 2. The predicted octanol–water partition coefficient (Wildman–Crippen LogP) is 2.24. The van der Waals surface area contributed by atoms with Crippen LogP contribution in [-0.4, -0.2) is 153 Å². The standard InChI is InChI=1S/C46H65ClN8O7.3ClH/c47-43-45(49)52-44(48)42(51-43)46(58)50-37-8-5-27-55(32-37,25-3-6-35-11-15-40(16-12-35)61-33-38(56)9-1-19-53-21-28-59-29-22-53)26-4-7-36-13-17-41(18-14-36)62-34-39(57)10-2-20-54-23-30-60-31-24-54;;;/h11-18,37H,1-10,19-34H2,(H4-,48,49,50,52,58);3*1H/t37-;;;/m0.../s1. The number of piperidine rings is 1. The number of hydrogen-bond donors (Lipinski definition) is 3. The van der Waals surface area contributed by atoms with Crippen LogP contribution < -0.4 is 38.7 Å². The molecule has 6 rings (SSSR count). The Morgan fingerprint density at radius 2 is 1.20 bits per heavy atom. The molecule has 4 heterocycles. The molecular formula is C46H68Cl4N8O7. The van der Waals surface area contributed by atoms with E-state index in [9.17, 15) is 14.4 Å². The van der Waals surface area contributed by atoms with Crippen molar-refractivity contribution in [3.8, 4) is 11.5 Å². The van der Waals surface area contributed by atoms with Crippen LogP contribution in [0.5, 0.6) is 11.5 Å². The summed E-state index contributed by atoms with van der Waals surface area (Å²) < 4.78 is 23.4. The molecule has 362 valence electrons. The third-order valence-corrected chi connectivity index (χ3v) is 12.4. The van der Waals surface area contributed by atoms with E-state index in [0.29, 0.717) is 24.3 Å². The molecule has 0 bridgehead atoms. The Kier molecular flexibility index (Phi) is 25.2. The first-order valence-corrected chi connectivity index (χ1v) is 22.8. The number of nitrogens with one attached hydrogen (secondary N) is 1. The van der Waals surface area contributed by atoms with Gasteiger partial charge in [0.1, 0.15) is 24.7 Å². The summed E-state index contributed by atoms with van der Waals surface area (Å²) in [5.41, 5.74) is 14.2. The predicted molar refractivity (Wildman–Crippen MR) is 254 cm³/mol. The Labute approximate surface area is 407 Å². The highest BCUT2D eigenvalue weighted by Crippen LogP contribution is 2.25. The van der Waals surface area contributed by atoms with Gasteiger partial charge in [-0.25, -0.2) is 9.97 Å². The fourth-order valence-corrected chi connectivity index (χ4v) is 8.81. The van der Waals surface area contributed by atoms with Crippen molar-refractivity contribution >= 4 is 65.5 Å². The average molecular weight is 987 g/mol. The number of halogens is 4. The fraction of sp³-hybridized carbons (Fsp3) is 0.587. The number of rotatable bonds is 24. The van der Waals surface area contributed by atoms with Crippen molar-refractivity contribution in [3.05, 3.63) is 70.5 Å². The maximum absolute atomic E-state index is 13.4. The van der Waals surface area contributed by atoms with Gasteiger partial charge in [0, 0.05) is 51.9 Å². The van der Waals surface area contributed by atoms with Crippen LogP contribution in [0.4, 0.5) is 11.6 Å². The van der Waals surface area contributed by atoms with Crippen LogP contribution in [0.25, 0.3) is 0 Å². The lowest BCUT2D eigenvalue weighted by Crippen LogP contribution is -3.00. The number of Topliss-reactive ketones (excluding diaryl/α,β-unsaturated/α-hetero) is 2. The van der Waals surface area contributed by atoms with Crippen LogP contribution >= 0.6 is 36.4 Å². The number of nitrogen functional groups attached to an aromatic ring is 2. The van der Waals surface area contributed by atoms with Gasteiger partial charge in [-0.05, 0) is 87.0 Å². The molecule has 5 N–H and O–H groups in total. The summed E-state index contributed by atoms with van der Waals surface area (Å²) in [4.78, 5) is 51.1. The summed E-state index contributed by atoms with van der Waals surface area (Å²) in [5.74, 6) is 1.15. The van der Waals surface area contributed by atoms with Crippen molar-refractivity contribution in [2.45, 2.75) is 70.3 Å². The number of nitrogens with zero attached hydrogens (tertiary/aromatic N) is 5. The highest BCUT2D eigenvalue weighted by Gasteiger charge is 2.36. The second-order valence-electron chi connectivity index (χ2n) is 16.9. The van der Waals surface area contributed by atoms with E-state index in [2.05, 4.69) is 49.4 Å². The van der Waals surface area contributed by atoms with Gasteiger partial charge >= 0.3 is 0 Å². The summed E-state index contributed by atoms with van der Waals surface area (Å²) in [7, 11) is 0. The number of ketones is 2. The molecule has 2 aromatic carbocycles. The van der Waals surface area contributed by atoms with Crippen LogP contribution in [-0.2, 0) is 31.9 Å². The highest BCUT2D eigenvalue weighted by atomic mass is 35.5. The molecule has 0 aliphatic carbocycles. The van der Waals surface area contributed by atoms with Crippen LogP contribution in [0.2, 0.25) is 5.15 Å². The number of quaternary nitrogens is 1. The lowest BCUT2D eigenvalue weighted by Gasteiger charge is -2.45. The number of aromatic nitrogens is 2. The second kappa shape index (κ2) is 29.3. The smallest absolute Gasteiger partial charge is 0.274 e. The molecule has 65 heavy (non-hydrogen) atoms. The topological polar surface area (TPSA) is 184 Å². The third-order valence-electron chi connectivity index (χ3n) is 12.2. The Morgan fingerprint density at radius 3 is 1.68 bits per heavy atom. The number of ether oxygens (including phenoxy) is 4. The molecule has 0 unspecified atom stereocenters. The lowest BCUT2D eigenvalue weighted by atomic mass is 9.99. The molecule has 1 atom stereocenters. The van der Waals surface area contributed by atoms with Crippen molar-refractivity contribution in [2.24, 2.45) is 0 Å². The minimum atomic E-state index is -0.407. The van der Waals surface area contributed by atoms with E-state index in [1.54, 1.807) is 0 Å². The normalized spacial score (nSPS) is 17.4. The van der Waals surface area contributed by atoms with Crippen LogP contribution in [0, 0.1) is 0 Å². The molecule has 3 saturated heterocycles. The van der Waals surface area contributed by atoms with E-state index in [0.717, 1.165) is 148 Å². The van der Waals surface area contributed by atoms with Gasteiger partial charge < -0.3 is 52.6 Å². The first kappa shape index (κ1) is 55.8. The summed E-state index contributed by atoms with van der Waals surface area (Å²) >= 11 is 6.10. The number of anilines is 2. The van der Waals surface area contributed by atoms with Gasteiger partial charge in [0.05, 0.1) is 58.6 Å². The highest BCUT2D eigenvalue weighted by molar-refractivity contribution is 6.31. The number of morpholine rings is 2. The molecule has 0 radical (unpaired) electrons. The molecule has 1 aromatic heterocycles. The first-order valence-electron chi connectivity index (χ1n) is 22.4. The zero-order valence-corrected chi connectivity index (χ0v) is 40.5. The number of benzene rings is 2. The summed E-state index contributed by atoms with van der Waals surface area (Å²) in [5, 5.41) is 3.12. The monoisotopic (exact) mass is 984 g/mol. The fourth-order valence-electron chi connectivity index (χ4n) is 8.68. The van der Waals surface area contributed by atoms with E-state index < -0.39 is 5.91 Å². The van der Waals surface area contributed by atoms with Crippen LogP contribution in [0.3, 0.4) is 0 Å². The molecule has 0 spiro atoms. The van der Waals surface area contributed by atoms with Crippen LogP contribution in [0.15, 0.2) is 48.5 Å². The zero-order valence-electron chi connectivity index (χ0n) is 37.4. The van der Waals surface area contributed by atoms with Crippen molar-refractivity contribution in [1.82, 2.24) is 25.1 Å². The summed E-state index contributed by atoms with van der Waals surface area (Å²) in [6.45, 7) is 12.5. The molecule has 3 aromatic rings. The van der Waals surface area contributed by atoms with Gasteiger partial charge in [0.15, 0.2) is 34.0 Å². The number of likely N-dealkylation sites (tertiary alicyclic amines) is 1. The Hall–Kier alpha value is -3.51. The lowest BCUT2D eigenvalue weighted by molar-refractivity contribution is -0.933. The second-order valence-corrected chi connectivity index (χ2v) is 17.3. The Bertz CT molecular complexity index is 1800. The SMILES string of the molecule is Cl.Cl.Nc1nc(N)c(C(=O)N[C@H]2CCC[N+](CCCc3ccc(OCC(=O)CCCN4CCOCC4)cc3)(CCCc3ccc(OCC(=O)CCCN4CCOCC4)cc3)C2)nc1Cl.[Cl-]. The number of carbonyl (C=O) groups excluding carboxylic acids is 3. The Balaban J connectivity index is 0.00000374. The van der Waals surface area contributed by atoms with Gasteiger partial charge in [0.2, 0.25) is 0 Å². The van der Waals surface area contributed by atoms with E-state index in [-0.39, 0.29) is 90.5 Å².